The molecular formula is C12H16O4. The molecule has 0 aliphatic carbocycles. The SMILES string of the molecule is OCC(CO)C[C@H]1COc2ccccc2O1. The summed E-state index contributed by atoms with van der Waals surface area (Å²) < 4.78 is 11.3. The molecule has 4 nitrogen and oxygen atoms in total. The second kappa shape index (κ2) is 5.18. The molecule has 0 unspecified atom stereocenters. The molecule has 1 aromatic rings. The fourth-order valence-corrected chi connectivity index (χ4v) is 1.76. The molecule has 88 valence electrons. The highest BCUT2D eigenvalue weighted by Gasteiger charge is 2.23. The van der Waals surface area contributed by atoms with E-state index in [0.29, 0.717) is 13.0 Å². The van der Waals surface area contributed by atoms with E-state index in [1.54, 1.807) is 0 Å². The molecule has 0 fully saturated rings. The Morgan fingerprint density at radius 2 is 1.88 bits per heavy atom. The van der Waals surface area contributed by atoms with Crippen LogP contribution in [0, 0.1) is 5.92 Å². The van der Waals surface area contributed by atoms with Crippen LogP contribution in [-0.2, 0) is 0 Å². The van der Waals surface area contributed by atoms with Gasteiger partial charge in [-0.15, -0.1) is 0 Å². The number of benzene rings is 1. The van der Waals surface area contributed by atoms with Crippen LogP contribution >= 0.6 is 0 Å². The van der Waals surface area contributed by atoms with Crippen LogP contribution in [0.5, 0.6) is 11.5 Å². The zero-order valence-electron chi connectivity index (χ0n) is 9.00. The topological polar surface area (TPSA) is 58.9 Å². The predicted octanol–water partition coefficient (Wildman–Crippen LogP) is 0.817. The van der Waals surface area contributed by atoms with Crippen LogP contribution in [0.4, 0.5) is 0 Å². The van der Waals surface area contributed by atoms with Crippen molar-refractivity contribution in [2.75, 3.05) is 19.8 Å². The first-order valence-electron chi connectivity index (χ1n) is 5.43. The smallest absolute Gasteiger partial charge is 0.161 e. The largest absolute Gasteiger partial charge is 0.486 e. The van der Waals surface area contributed by atoms with E-state index in [0.717, 1.165) is 11.5 Å². The Balaban J connectivity index is 1.97. The summed E-state index contributed by atoms with van der Waals surface area (Å²) in [5.41, 5.74) is 0. The number of hydrogen-bond acceptors (Lipinski definition) is 4. The van der Waals surface area contributed by atoms with Crippen LogP contribution in [0.15, 0.2) is 24.3 Å². The van der Waals surface area contributed by atoms with Crippen LogP contribution < -0.4 is 9.47 Å². The van der Waals surface area contributed by atoms with Gasteiger partial charge in [0.2, 0.25) is 0 Å². The normalized spacial score (nSPS) is 18.8. The Morgan fingerprint density at radius 3 is 2.56 bits per heavy atom. The van der Waals surface area contributed by atoms with Crippen LogP contribution in [0.1, 0.15) is 6.42 Å². The Morgan fingerprint density at radius 1 is 1.19 bits per heavy atom. The van der Waals surface area contributed by atoms with Gasteiger partial charge in [-0.25, -0.2) is 0 Å². The van der Waals surface area contributed by atoms with Crippen molar-refractivity contribution in [3.8, 4) is 11.5 Å². The standard InChI is InChI=1S/C12H16O4/c13-6-9(7-14)5-10-8-15-11-3-1-2-4-12(11)16-10/h1-4,9-10,13-14H,5-8H2/t10-/m0/s1. The van der Waals surface area contributed by atoms with Crippen molar-refractivity contribution in [2.45, 2.75) is 12.5 Å². The molecule has 0 bridgehead atoms. The van der Waals surface area contributed by atoms with E-state index >= 15 is 0 Å². The van der Waals surface area contributed by atoms with E-state index in [4.69, 9.17) is 19.7 Å². The van der Waals surface area contributed by atoms with Gasteiger partial charge in [-0.3, -0.25) is 0 Å². The molecule has 2 rings (SSSR count). The molecule has 1 aliphatic rings. The van der Waals surface area contributed by atoms with Gasteiger partial charge in [-0.2, -0.15) is 0 Å². The summed E-state index contributed by atoms with van der Waals surface area (Å²) in [5, 5.41) is 18.0. The monoisotopic (exact) mass is 224 g/mol. The maximum Gasteiger partial charge on any atom is 0.161 e. The van der Waals surface area contributed by atoms with E-state index in [9.17, 15) is 0 Å². The van der Waals surface area contributed by atoms with Crippen LogP contribution in [0.2, 0.25) is 0 Å². The molecule has 0 saturated heterocycles. The summed E-state index contributed by atoms with van der Waals surface area (Å²) in [7, 11) is 0. The van der Waals surface area contributed by atoms with Gasteiger partial charge in [0.05, 0.1) is 0 Å². The summed E-state index contributed by atoms with van der Waals surface area (Å²) in [6.45, 7) is 0.406. The minimum Gasteiger partial charge on any atom is -0.486 e. The highest BCUT2D eigenvalue weighted by atomic mass is 16.6. The van der Waals surface area contributed by atoms with Gasteiger partial charge in [-0.05, 0) is 18.6 Å². The maximum absolute atomic E-state index is 9.00. The van der Waals surface area contributed by atoms with Gasteiger partial charge in [-0.1, -0.05) is 12.1 Å². The molecule has 4 heteroatoms. The highest BCUT2D eigenvalue weighted by molar-refractivity contribution is 5.40. The molecular weight excluding hydrogens is 208 g/mol. The van der Waals surface area contributed by atoms with Crippen molar-refractivity contribution < 1.29 is 19.7 Å². The Labute approximate surface area is 94.4 Å². The first-order chi connectivity index (χ1) is 7.83. The molecule has 1 atom stereocenters. The first-order valence-corrected chi connectivity index (χ1v) is 5.43. The third-order valence-corrected chi connectivity index (χ3v) is 2.68. The lowest BCUT2D eigenvalue weighted by molar-refractivity contribution is 0.0470. The summed E-state index contributed by atoms with van der Waals surface area (Å²) in [6, 6.07) is 7.50. The Bertz CT molecular complexity index is 336. The van der Waals surface area contributed by atoms with E-state index in [1.165, 1.54) is 0 Å². The van der Waals surface area contributed by atoms with Gasteiger partial charge < -0.3 is 19.7 Å². The number of fused-ring (bicyclic) bond motifs is 1. The maximum atomic E-state index is 9.00. The molecule has 1 heterocycles. The minimum absolute atomic E-state index is 0.0298. The third-order valence-electron chi connectivity index (χ3n) is 2.68. The van der Waals surface area contributed by atoms with Crippen molar-refractivity contribution in [1.29, 1.82) is 0 Å². The Hall–Kier alpha value is -1.26. The molecule has 16 heavy (non-hydrogen) atoms. The summed E-state index contributed by atoms with van der Waals surface area (Å²) in [4.78, 5) is 0. The molecule has 0 saturated carbocycles. The van der Waals surface area contributed by atoms with Crippen molar-refractivity contribution in [3.05, 3.63) is 24.3 Å². The average Bonchev–Trinajstić information content (AvgIpc) is 2.35. The first kappa shape index (κ1) is 11.2. The van der Waals surface area contributed by atoms with E-state index < -0.39 is 0 Å². The van der Waals surface area contributed by atoms with Gasteiger partial charge in [0, 0.05) is 19.1 Å². The van der Waals surface area contributed by atoms with Crippen LogP contribution in [0.25, 0.3) is 0 Å². The van der Waals surface area contributed by atoms with E-state index in [2.05, 4.69) is 0 Å². The van der Waals surface area contributed by atoms with Crippen LogP contribution in [-0.4, -0.2) is 36.1 Å². The second-order valence-corrected chi connectivity index (χ2v) is 3.96. The van der Waals surface area contributed by atoms with E-state index in [1.807, 2.05) is 24.3 Å². The number of aliphatic hydroxyl groups excluding tert-OH is 2. The lowest BCUT2D eigenvalue weighted by Crippen LogP contribution is -2.32. The molecule has 0 radical (unpaired) electrons. The predicted molar refractivity (Wildman–Crippen MR) is 58.6 cm³/mol. The van der Waals surface area contributed by atoms with Crippen molar-refractivity contribution in [2.24, 2.45) is 5.92 Å². The number of hydrogen-bond donors (Lipinski definition) is 2. The highest BCUT2D eigenvalue weighted by Crippen LogP contribution is 2.32. The molecule has 0 aromatic heterocycles. The van der Waals surface area contributed by atoms with E-state index in [-0.39, 0.29) is 25.2 Å². The zero-order chi connectivity index (χ0) is 11.4. The fraction of sp³-hybridized carbons (Fsp3) is 0.500. The number of para-hydroxylation sites is 2. The van der Waals surface area contributed by atoms with Gasteiger partial charge in [0.1, 0.15) is 12.7 Å². The molecule has 0 amide bonds. The molecule has 1 aliphatic heterocycles. The summed E-state index contributed by atoms with van der Waals surface area (Å²) >= 11 is 0. The zero-order valence-corrected chi connectivity index (χ0v) is 9.00. The minimum atomic E-state index is -0.140. The number of aliphatic hydroxyl groups is 2. The lowest BCUT2D eigenvalue weighted by Gasteiger charge is -2.28. The molecule has 1 aromatic carbocycles. The third kappa shape index (κ3) is 2.46. The second-order valence-electron chi connectivity index (χ2n) is 3.96. The van der Waals surface area contributed by atoms with Crippen molar-refractivity contribution >= 4 is 0 Å². The van der Waals surface area contributed by atoms with Gasteiger partial charge >= 0.3 is 0 Å². The summed E-state index contributed by atoms with van der Waals surface area (Å²) in [5.74, 6) is 1.34. The fourth-order valence-electron chi connectivity index (χ4n) is 1.76. The Kier molecular flexibility index (Phi) is 3.64. The molecule has 2 N–H and O–H groups in total. The van der Waals surface area contributed by atoms with Crippen molar-refractivity contribution in [1.82, 2.24) is 0 Å². The van der Waals surface area contributed by atoms with Gasteiger partial charge in [0.25, 0.3) is 0 Å². The average molecular weight is 224 g/mol. The number of ether oxygens (including phenoxy) is 2. The molecule has 0 spiro atoms. The summed E-state index contributed by atoms with van der Waals surface area (Å²) in [6.07, 6.45) is 0.501. The van der Waals surface area contributed by atoms with Gasteiger partial charge in [0.15, 0.2) is 11.5 Å². The number of rotatable bonds is 4. The lowest BCUT2D eigenvalue weighted by atomic mass is 10.0. The quantitative estimate of drug-likeness (QED) is 0.795. The van der Waals surface area contributed by atoms with Crippen molar-refractivity contribution in [3.63, 3.8) is 0 Å². The van der Waals surface area contributed by atoms with Crippen LogP contribution in [0.3, 0.4) is 0 Å².